The number of nitrogens with one attached hydrogen (secondary N) is 1. The third-order valence-corrected chi connectivity index (χ3v) is 4.88. The van der Waals surface area contributed by atoms with Gasteiger partial charge in [-0.2, -0.15) is 0 Å². The minimum absolute atomic E-state index is 0.102. The van der Waals surface area contributed by atoms with Crippen LogP contribution in [0.25, 0.3) is 0 Å². The average molecular weight is 431 g/mol. The second-order valence-electron chi connectivity index (χ2n) is 7.18. The standard InChI is InChI=1S/C21H26FN5O4/c1-4-30-20(28)11-23-21(29)27-8-7-26(12-15(27)3)18-10-19(25-13-24-18)31-17-6-5-16(22)9-14(17)2/h5-6,9-10,13,15H,4,7-8,11-12H2,1-3H3,(H,23,29). The monoisotopic (exact) mass is 431 g/mol. The third-order valence-electron chi connectivity index (χ3n) is 4.88. The summed E-state index contributed by atoms with van der Waals surface area (Å²) in [6.07, 6.45) is 1.41. The molecule has 1 aromatic carbocycles. The zero-order chi connectivity index (χ0) is 22.4. The van der Waals surface area contributed by atoms with Crippen molar-refractivity contribution in [2.75, 3.05) is 37.7 Å². The maximum Gasteiger partial charge on any atom is 0.325 e. The number of rotatable bonds is 6. The zero-order valence-electron chi connectivity index (χ0n) is 17.8. The van der Waals surface area contributed by atoms with Gasteiger partial charge in [-0.1, -0.05) is 0 Å². The molecule has 1 aliphatic heterocycles. The van der Waals surface area contributed by atoms with Gasteiger partial charge in [0.1, 0.15) is 30.3 Å². The summed E-state index contributed by atoms with van der Waals surface area (Å²) in [5.74, 6) is 0.742. The van der Waals surface area contributed by atoms with Crippen LogP contribution in [-0.4, -0.2) is 65.7 Å². The van der Waals surface area contributed by atoms with E-state index >= 15 is 0 Å². The molecular formula is C21H26FN5O4. The van der Waals surface area contributed by atoms with E-state index in [2.05, 4.69) is 15.3 Å². The molecule has 31 heavy (non-hydrogen) atoms. The molecule has 1 aromatic heterocycles. The number of ether oxygens (including phenoxy) is 2. The van der Waals surface area contributed by atoms with E-state index in [0.717, 1.165) is 0 Å². The van der Waals surface area contributed by atoms with Crippen LogP contribution in [0.15, 0.2) is 30.6 Å². The molecule has 0 radical (unpaired) electrons. The van der Waals surface area contributed by atoms with Crippen molar-refractivity contribution >= 4 is 17.8 Å². The highest BCUT2D eigenvalue weighted by Crippen LogP contribution is 2.26. The van der Waals surface area contributed by atoms with Crippen molar-refractivity contribution in [1.29, 1.82) is 0 Å². The number of amides is 2. The number of benzene rings is 1. The second-order valence-corrected chi connectivity index (χ2v) is 7.18. The number of urea groups is 1. The minimum atomic E-state index is -0.466. The van der Waals surface area contributed by atoms with E-state index in [-0.39, 0.29) is 31.0 Å². The van der Waals surface area contributed by atoms with Crippen molar-refractivity contribution in [3.63, 3.8) is 0 Å². The van der Waals surface area contributed by atoms with Gasteiger partial charge >= 0.3 is 12.0 Å². The van der Waals surface area contributed by atoms with E-state index in [0.29, 0.717) is 42.6 Å². The highest BCUT2D eigenvalue weighted by Gasteiger charge is 2.28. The number of halogens is 1. The van der Waals surface area contributed by atoms with Crippen LogP contribution in [0.3, 0.4) is 0 Å². The number of aryl methyl sites for hydroxylation is 1. The van der Waals surface area contributed by atoms with Gasteiger partial charge in [-0.15, -0.1) is 0 Å². The molecule has 3 rings (SSSR count). The molecule has 1 fully saturated rings. The van der Waals surface area contributed by atoms with Crippen molar-refractivity contribution in [3.8, 4) is 11.6 Å². The largest absolute Gasteiger partial charge is 0.465 e. The lowest BCUT2D eigenvalue weighted by Gasteiger charge is -2.40. The third kappa shape index (κ3) is 5.80. The molecule has 1 unspecified atom stereocenters. The summed E-state index contributed by atoms with van der Waals surface area (Å²) in [6, 6.07) is 5.59. The number of anilines is 1. The van der Waals surface area contributed by atoms with Gasteiger partial charge in [0, 0.05) is 31.7 Å². The number of piperazine rings is 1. The van der Waals surface area contributed by atoms with Crippen molar-refractivity contribution in [2.24, 2.45) is 0 Å². The number of hydrogen-bond acceptors (Lipinski definition) is 7. The van der Waals surface area contributed by atoms with Gasteiger partial charge in [0.15, 0.2) is 0 Å². The van der Waals surface area contributed by atoms with Gasteiger partial charge in [0.05, 0.1) is 6.61 Å². The highest BCUT2D eigenvalue weighted by molar-refractivity contribution is 5.81. The molecule has 1 saturated heterocycles. The number of hydrogen-bond donors (Lipinski definition) is 1. The van der Waals surface area contributed by atoms with E-state index in [4.69, 9.17) is 9.47 Å². The van der Waals surface area contributed by atoms with Crippen LogP contribution in [-0.2, 0) is 9.53 Å². The SMILES string of the molecule is CCOC(=O)CNC(=O)N1CCN(c2cc(Oc3ccc(F)cc3C)ncn2)CC1C. The van der Waals surface area contributed by atoms with E-state index in [9.17, 15) is 14.0 Å². The topological polar surface area (TPSA) is 96.9 Å². The summed E-state index contributed by atoms with van der Waals surface area (Å²) < 4.78 is 23.9. The van der Waals surface area contributed by atoms with Gasteiger partial charge in [0.25, 0.3) is 0 Å². The lowest BCUT2D eigenvalue weighted by atomic mass is 10.2. The summed E-state index contributed by atoms with van der Waals surface area (Å²) >= 11 is 0. The molecule has 2 heterocycles. The van der Waals surface area contributed by atoms with E-state index in [1.807, 2.05) is 11.8 Å². The smallest absolute Gasteiger partial charge is 0.325 e. The summed E-state index contributed by atoms with van der Waals surface area (Å²) in [6.45, 7) is 7.09. The Morgan fingerprint density at radius 3 is 2.77 bits per heavy atom. The zero-order valence-corrected chi connectivity index (χ0v) is 17.8. The fourth-order valence-electron chi connectivity index (χ4n) is 3.33. The Kier molecular flexibility index (Phi) is 7.22. The summed E-state index contributed by atoms with van der Waals surface area (Å²) in [5.41, 5.74) is 0.663. The van der Waals surface area contributed by atoms with Gasteiger partial charge in [-0.05, 0) is 44.5 Å². The Hall–Kier alpha value is -3.43. The quantitative estimate of drug-likeness (QED) is 0.702. The summed E-state index contributed by atoms with van der Waals surface area (Å²) in [4.78, 5) is 36.0. The Morgan fingerprint density at radius 2 is 2.06 bits per heavy atom. The molecule has 1 N–H and O–H groups in total. The fraction of sp³-hybridized carbons (Fsp3) is 0.429. The molecule has 1 aliphatic rings. The number of esters is 1. The maximum absolute atomic E-state index is 13.3. The first-order chi connectivity index (χ1) is 14.9. The van der Waals surface area contributed by atoms with E-state index < -0.39 is 5.97 Å². The Balaban J connectivity index is 1.60. The van der Waals surface area contributed by atoms with Crippen molar-refractivity contribution in [2.45, 2.75) is 26.8 Å². The van der Waals surface area contributed by atoms with E-state index in [1.165, 1.54) is 18.5 Å². The number of aromatic nitrogens is 2. The van der Waals surface area contributed by atoms with Crippen LogP contribution in [0, 0.1) is 12.7 Å². The predicted molar refractivity (Wildman–Crippen MR) is 112 cm³/mol. The van der Waals surface area contributed by atoms with Crippen LogP contribution < -0.4 is 15.0 Å². The average Bonchev–Trinajstić information content (AvgIpc) is 2.74. The van der Waals surface area contributed by atoms with Gasteiger partial charge in [-0.25, -0.2) is 19.2 Å². The van der Waals surface area contributed by atoms with Crippen LogP contribution in [0.5, 0.6) is 11.6 Å². The van der Waals surface area contributed by atoms with Crippen LogP contribution >= 0.6 is 0 Å². The molecule has 2 amide bonds. The highest BCUT2D eigenvalue weighted by atomic mass is 19.1. The fourth-order valence-corrected chi connectivity index (χ4v) is 3.33. The van der Waals surface area contributed by atoms with Gasteiger partial charge in [0.2, 0.25) is 5.88 Å². The Morgan fingerprint density at radius 1 is 1.26 bits per heavy atom. The van der Waals surface area contributed by atoms with Gasteiger partial charge < -0.3 is 24.6 Å². The molecule has 1 atom stereocenters. The van der Waals surface area contributed by atoms with Crippen molar-refractivity contribution in [3.05, 3.63) is 42.0 Å². The molecule has 0 bridgehead atoms. The number of carbonyl (C=O) groups excluding carboxylic acids is 2. The molecule has 0 aliphatic carbocycles. The Labute approximate surface area is 180 Å². The molecule has 9 nitrogen and oxygen atoms in total. The number of carbonyl (C=O) groups is 2. The molecule has 166 valence electrons. The predicted octanol–water partition coefficient (Wildman–Crippen LogP) is 2.50. The van der Waals surface area contributed by atoms with Crippen LogP contribution in [0.2, 0.25) is 0 Å². The first kappa shape index (κ1) is 22.3. The van der Waals surface area contributed by atoms with Crippen molar-refractivity contribution < 1.29 is 23.5 Å². The van der Waals surface area contributed by atoms with Crippen LogP contribution in [0.4, 0.5) is 15.0 Å². The van der Waals surface area contributed by atoms with Gasteiger partial charge in [-0.3, -0.25) is 4.79 Å². The lowest BCUT2D eigenvalue weighted by Crippen LogP contribution is -2.57. The molecule has 0 spiro atoms. The second kappa shape index (κ2) is 10.1. The number of nitrogens with zero attached hydrogens (tertiary/aromatic N) is 4. The lowest BCUT2D eigenvalue weighted by molar-refractivity contribution is -0.141. The normalized spacial score (nSPS) is 16.1. The summed E-state index contributed by atoms with van der Waals surface area (Å²) in [5, 5.41) is 2.59. The van der Waals surface area contributed by atoms with E-state index in [1.54, 1.807) is 30.9 Å². The van der Waals surface area contributed by atoms with Crippen molar-refractivity contribution in [1.82, 2.24) is 20.2 Å². The van der Waals surface area contributed by atoms with Crippen LogP contribution in [0.1, 0.15) is 19.4 Å². The maximum atomic E-state index is 13.3. The minimum Gasteiger partial charge on any atom is -0.465 e. The molecule has 2 aromatic rings. The first-order valence-corrected chi connectivity index (χ1v) is 10.1. The Bertz CT molecular complexity index is 942. The molecule has 0 saturated carbocycles. The molecule has 10 heteroatoms. The first-order valence-electron chi connectivity index (χ1n) is 10.1. The summed E-state index contributed by atoms with van der Waals surface area (Å²) in [7, 11) is 0. The molecular weight excluding hydrogens is 405 g/mol.